The number of aromatic nitrogens is 3. The number of hydrogen-bond acceptors (Lipinski definition) is 7. The van der Waals surface area contributed by atoms with Crippen LogP contribution in [-0.4, -0.2) is 34.5 Å². The molecular formula is C22H17ClN4O5. The van der Waals surface area contributed by atoms with Crippen LogP contribution in [0.3, 0.4) is 0 Å². The minimum Gasteiger partial charge on any atom is -0.495 e. The molecule has 32 heavy (non-hydrogen) atoms. The molecular weight excluding hydrogens is 436 g/mol. The largest absolute Gasteiger partial charge is 0.495 e. The normalized spacial score (nSPS) is 12.1. The summed E-state index contributed by atoms with van der Waals surface area (Å²) in [6.45, 7) is 0.238. The molecule has 1 N–H and O–H groups in total. The van der Waals surface area contributed by atoms with E-state index in [0.29, 0.717) is 45.4 Å². The number of hydrogen-bond donors (Lipinski definition) is 1. The zero-order chi connectivity index (χ0) is 22.1. The SMILES string of the molecule is COc1ccc(NC(=O)Cn2cccc2-c2nc(-c3ccc4c(c3)OCO4)no2)cc1Cl. The van der Waals surface area contributed by atoms with Crippen LogP contribution in [0, 0.1) is 0 Å². The van der Waals surface area contributed by atoms with Crippen LogP contribution in [0.2, 0.25) is 5.02 Å². The highest BCUT2D eigenvalue weighted by Gasteiger charge is 2.19. The Morgan fingerprint density at radius 3 is 2.91 bits per heavy atom. The zero-order valence-electron chi connectivity index (χ0n) is 16.9. The van der Waals surface area contributed by atoms with Crippen LogP contribution in [0.4, 0.5) is 5.69 Å². The Labute approximate surface area is 187 Å². The van der Waals surface area contributed by atoms with Gasteiger partial charge in [0.25, 0.3) is 5.89 Å². The van der Waals surface area contributed by atoms with Gasteiger partial charge in [0.1, 0.15) is 18.0 Å². The molecule has 1 aliphatic heterocycles. The van der Waals surface area contributed by atoms with Gasteiger partial charge in [-0.15, -0.1) is 0 Å². The standard InChI is InChI=1S/C22H17ClN4O5/c1-29-17-7-5-14(10-15(17)23)24-20(28)11-27-8-2-3-16(27)22-25-21(26-32-22)13-4-6-18-19(9-13)31-12-30-18/h2-10H,11-12H2,1H3,(H,24,28). The van der Waals surface area contributed by atoms with E-state index < -0.39 is 0 Å². The fourth-order valence-corrected chi connectivity index (χ4v) is 3.58. The Morgan fingerprint density at radius 2 is 2.06 bits per heavy atom. The number of halogens is 1. The Kier molecular flexibility index (Phi) is 5.16. The lowest BCUT2D eigenvalue weighted by Crippen LogP contribution is -2.18. The van der Waals surface area contributed by atoms with Crippen molar-refractivity contribution >= 4 is 23.2 Å². The molecule has 1 aliphatic rings. The molecule has 0 fully saturated rings. The first kappa shape index (κ1) is 20.0. The average Bonchev–Trinajstić information content (AvgIpc) is 3.53. The molecule has 9 nitrogen and oxygen atoms in total. The molecule has 0 saturated heterocycles. The first-order valence-electron chi connectivity index (χ1n) is 9.63. The Bertz CT molecular complexity index is 1300. The Balaban J connectivity index is 1.32. The van der Waals surface area contributed by atoms with E-state index in [1.165, 1.54) is 7.11 Å². The number of carbonyl (C=O) groups is 1. The fraction of sp³-hybridized carbons (Fsp3) is 0.136. The van der Waals surface area contributed by atoms with Crippen LogP contribution in [-0.2, 0) is 11.3 Å². The highest BCUT2D eigenvalue weighted by atomic mass is 35.5. The van der Waals surface area contributed by atoms with Crippen molar-refractivity contribution in [2.75, 3.05) is 19.2 Å². The number of ether oxygens (including phenoxy) is 3. The van der Waals surface area contributed by atoms with Gasteiger partial charge in [-0.3, -0.25) is 4.79 Å². The minimum absolute atomic E-state index is 0.0493. The summed E-state index contributed by atoms with van der Waals surface area (Å²) in [6.07, 6.45) is 1.76. The maximum Gasteiger partial charge on any atom is 0.274 e. The monoisotopic (exact) mass is 452 g/mol. The molecule has 2 aromatic heterocycles. The van der Waals surface area contributed by atoms with Crippen molar-refractivity contribution in [3.8, 4) is 40.2 Å². The van der Waals surface area contributed by atoms with Gasteiger partial charge in [-0.25, -0.2) is 0 Å². The van der Waals surface area contributed by atoms with Gasteiger partial charge in [0, 0.05) is 17.4 Å². The van der Waals surface area contributed by atoms with Crippen LogP contribution < -0.4 is 19.5 Å². The molecule has 4 aromatic rings. The number of nitrogens with one attached hydrogen (secondary N) is 1. The lowest BCUT2D eigenvalue weighted by atomic mass is 10.2. The average molecular weight is 453 g/mol. The van der Waals surface area contributed by atoms with Gasteiger partial charge < -0.3 is 28.6 Å². The quantitative estimate of drug-likeness (QED) is 0.467. The predicted molar refractivity (Wildman–Crippen MR) is 116 cm³/mol. The lowest BCUT2D eigenvalue weighted by Gasteiger charge is -2.09. The molecule has 10 heteroatoms. The van der Waals surface area contributed by atoms with Crippen LogP contribution >= 0.6 is 11.6 Å². The summed E-state index contributed by atoms with van der Waals surface area (Å²) in [5, 5.41) is 7.28. The Morgan fingerprint density at radius 1 is 1.19 bits per heavy atom. The number of carbonyl (C=O) groups excluding carboxylic acids is 1. The third kappa shape index (κ3) is 3.85. The number of fused-ring (bicyclic) bond motifs is 1. The zero-order valence-corrected chi connectivity index (χ0v) is 17.6. The molecule has 3 heterocycles. The first-order chi connectivity index (χ1) is 15.6. The topological polar surface area (TPSA) is 101 Å². The molecule has 0 unspecified atom stereocenters. The molecule has 0 atom stereocenters. The van der Waals surface area contributed by atoms with E-state index in [2.05, 4.69) is 15.5 Å². The number of anilines is 1. The highest BCUT2D eigenvalue weighted by molar-refractivity contribution is 6.32. The van der Waals surface area contributed by atoms with Gasteiger partial charge in [-0.05, 0) is 48.5 Å². The molecule has 2 aromatic carbocycles. The van der Waals surface area contributed by atoms with Gasteiger partial charge in [-0.1, -0.05) is 16.8 Å². The maximum absolute atomic E-state index is 12.6. The summed E-state index contributed by atoms with van der Waals surface area (Å²) in [7, 11) is 1.53. The number of amides is 1. The molecule has 0 saturated carbocycles. The minimum atomic E-state index is -0.237. The number of rotatable bonds is 6. The summed E-state index contributed by atoms with van der Waals surface area (Å²) >= 11 is 6.12. The van der Waals surface area contributed by atoms with Crippen molar-refractivity contribution in [1.82, 2.24) is 14.7 Å². The van der Waals surface area contributed by atoms with Crippen LogP contribution in [0.1, 0.15) is 0 Å². The molecule has 5 rings (SSSR count). The summed E-state index contributed by atoms with van der Waals surface area (Å²) in [4.78, 5) is 17.0. The van der Waals surface area contributed by atoms with Crippen molar-refractivity contribution in [3.63, 3.8) is 0 Å². The first-order valence-corrected chi connectivity index (χ1v) is 10.0. The third-order valence-corrected chi connectivity index (χ3v) is 5.15. The fourth-order valence-electron chi connectivity index (χ4n) is 3.33. The van der Waals surface area contributed by atoms with Gasteiger partial charge in [0.05, 0.1) is 12.1 Å². The maximum atomic E-state index is 12.6. The van der Waals surface area contributed by atoms with E-state index in [0.717, 1.165) is 5.56 Å². The Hall–Kier alpha value is -3.98. The van der Waals surface area contributed by atoms with Crippen LogP contribution in [0.5, 0.6) is 17.2 Å². The van der Waals surface area contributed by atoms with Crippen LogP contribution in [0.25, 0.3) is 23.0 Å². The lowest BCUT2D eigenvalue weighted by molar-refractivity contribution is -0.116. The van der Waals surface area contributed by atoms with Crippen molar-refractivity contribution in [2.24, 2.45) is 0 Å². The van der Waals surface area contributed by atoms with E-state index in [-0.39, 0.29) is 19.2 Å². The van der Waals surface area contributed by atoms with E-state index in [1.807, 2.05) is 6.07 Å². The van der Waals surface area contributed by atoms with Gasteiger partial charge in [-0.2, -0.15) is 4.98 Å². The smallest absolute Gasteiger partial charge is 0.274 e. The molecule has 162 valence electrons. The molecule has 0 spiro atoms. The summed E-state index contributed by atoms with van der Waals surface area (Å²) in [6, 6.07) is 14.1. The van der Waals surface area contributed by atoms with Crippen LogP contribution in [0.15, 0.2) is 59.3 Å². The second kappa shape index (κ2) is 8.27. The molecule has 0 bridgehead atoms. The van der Waals surface area contributed by atoms with Gasteiger partial charge >= 0.3 is 0 Å². The van der Waals surface area contributed by atoms with Gasteiger partial charge in [0.2, 0.25) is 18.5 Å². The van der Waals surface area contributed by atoms with Crippen molar-refractivity contribution in [1.29, 1.82) is 0 Å². The van der Waals surface area contributed by atoms with Crippen molar-refractivity contribution in [3.05, 3.63) is 59.8 Å². The van der Waals surface area contributed by atoms with Gasteiger partial charge in [0.15, 0.2) is 11.5 Å². The number of nitrogens with zero attached hydrogens (tertiary/aromatic N) is 3. The second-order valence-corrected chi connectivity index (χ2v) is 7.32. The van der Waals surface area contributed by atoms with Crippen molar-refractivity contribution < 1.29 is 23.5 Å². The number of benzene rings is 2. The molecule has 1 amide bonds. The van der Waals surface area contributed by atoms with E-state index in [9.17, 15) is 4.79 Å². The molecule has 0 aliphatic carbocycles. The highest BCUT2D eigenvalue weighted by Crippen LogP contribution is 2.35. The summed E-state index contributed by atoms with van der Waals surface area (Å²) in [5.41, 5.74) is 1.92. The second-order valence-electron chi connectivity index (χ2n) is 6.91. The van der Waals surface area contributed by atoms with E-state index >= 15 is 0 Å². The third-order valence-electron chi connectivity index (χ3n) is 4.85. The van der Waals surface area contributed by atoms with E-state index in [4.69, 9.17) is 30.3 Å². The molecule has 0 radical (unpaired) electrons. The van der Waals surface area contributed by atoms with E-state index in [1.54, 1.807) is 53.2 Å². The van der Waals surface area contributed by atoms with Crippen molar-refractivity contribution in [2.45, 2.75) is 6.54 Å². The predicted octanol–water partition coefficient (Wildman–Crippen LogP) is 4.23. The summed E-state index contributed by atoms with van der Waals surface area (Å²) in [5.74, 6) is 2.31. The summed E-state index contributed by atoms with van der Waals surface area (Å²) < 4.78 is 23.0. The number of methoxy groups -OCH3 is 1.